The highest BCUT2D eigenvalue weighted by atomic mass is 19.1. The van der Waals surface area contributed by atoms with E-state index in [-0.39, 0.29) is 5.82 Å². The molecule has 0 saturated heterocycles. The summed E-state index contributed by atoms with van der Waals surface area (Å²) in [5, 5.41) is 3.51. The predicted octanol–water partition coefficient (Wildman–Crippen LogP) is 3.91. The molecule has 0 aromatic heterocycles. The molecule has 90 valence electrons. The Balaban J connectivity index is 2.70. The molecule has 0 aliphatic rings. The quantitative estimate of drug-likeness (QED) is 0.771. The Morgan fingerprint density at radius 2 is 1.81 bits per heavy atom. The molecule has 0 saturated carbocycles. The van der Waals surface area contributed by atoms with Crippen LogP contribution in [-0.4, -0.2) is 6.54 Å². The molecule has 1 rings (SSSR count). The van der Waals surface area contributed by atoms with Crippen molar-refractivity contribution in [3.05, 3.63) is 35.6 Å². The van der Waals surface area contributed by atoms with Crippen molar-refractivity contribution in [1.82, 2.24) is 5.32 Å². The summed E-state index contributed by atoms with van der Waals surface area (Å²) in [5.41, 5.74) is 1.18. The molecule has 0 heterocycles. The Bertz CT molecular complexity index is 292. The van der Waals surface area contributed by atoms with Crippen LogP contribution in [0.4, 0.5) is 4.39 Å². The van der Waals surface area contributed by atoms with Gasteiger partial charge in [0, 0.05) is 6.04 Å². The summed E-state index contributed by atoms with van der Waals surface area (Å²) in [4.78, 5) is 0. The highest BCUT2D eigenvalue weighted by Gasteiger charge is 2.12. The van der Waals surface area contributed by atoms with Crippen molar-refractivity contribution in [3.8, 4) is 0 Å². The van der Waals surface area contributed by atoms with Gasteiger partial charge in [0.1, 0.15) is 5.82 Å². The number of hydrogen-bond donors (Lipinski definition) is 1. The lowest BCUT2D eigenvalue weighted by atomic mass is 9.97. The second-order valence-corrected chi connectivity index (χ2v) is 4.69. The number of rotatable bonds is 6. The average Bonchev–Trinajstić information content (AvgIpc) is 2.25. The maximum absolute atomic E-state index is 12.8. The van der Waals surface area contributed by atoms with Gasteiger partial charge < -0.3 is 5.32 Å². The molecule has 1 unspecified atom stereocenters. The Kier molecular flexibility index (Phi) is 5.47. The lowest BCUT2D eigenvalue weighted by Crippen LogP contribution is -2.23. The van der Waals surface area contributed by atoms with Crippen molar-refractivity contribution in [2.24, 2.45) is 5.92 Å². The van der Waals surface area contributed by atoms with Crippen LogP contribution in [0.1, 0.15) is 45.2 Å². The Hall–Kier alpha value is -0.890. The molecular formula is C14H22FN. The minimum Gasteiger partial charge on any atom is -0.310 e. The van der Waals surface area contributed by atoms with E-state index in [9.17, 15) is 4.39 Å². The first kappa shape index (κ1) is 13.2. The van der Waals surface area contributed by atoms with Gasteiger partial charge in [0.2, 0.25) is 0 Å². The smallest absolute Gasteiger partial charge is 0.123 e. The van der Waals surface area contributed by atoms with Crippen molar-refractivity contribution in [2.45, 2.75) is 39.7 Å². The standard InChI is InChI=1S/C14H22FN/c1-4-9-16-14(10-11(2)3)12-5-7-13(15)8-6-12/h5-8,11,14,16H,4,9-10H2,1-3H3. The summed E-state index contributed by atoms with van der Waals surface area (Å²) in [6.45, 7) is 7.59. The average molecular weight is 223 g/mol. The molecule has 1 aromatic carbocycles. The van der Waals surface area contributed by atoms with Gasteiger partial charge >= 0.3 is 0 Å². The van der Waals surface area contributed by atoms with Gasteiger partial charge in [0.25, 0.3) is 0 Å². The maximum Gasteiger partial charge on any atom is 0.123 e. The molecule has 16 heavy (non-hydrogen) atoms. The van der Waals surface area contributed by atoms with Crippen molar-refractivity contribution in [2.75, 3.05) is 6.54 Å². The normalized spacial score (nSPS) is 13.1. The van der Waals surface area contributed by atoms with E-state index in [1.165, 1.54) is 17.7 Å². The molecule has 1 aromatic rings. The minimum atomic E-state index is -0.164. The molecule has 2 heteroatoms. The van der Waals surface area contributed by atoms with E-state index in [4.69, 9.17) is 0 Å². The summed E-state index contributed by atoms with van der Waals surface area (Å²) in [6.07, 6.45) is 2.21. The Morgan fingerprint density at radius 3 is 2.31 bits per heavy atom. The maximum atomic E-state index is 12.8. The first-order valence-electron chi connectivity index (χ1n) is 6.12. The fourth-order valence-corrected chi connectivity index (χ4v) is 1.82. The van der Waals surface area contributed by atoms with Crippen LogP contribution < -0.4 is 5.32 Å². The van der Waals surface area contributed by atoms with Gasteiger partial charge in [-0.25, -0.2) is 4.39 Å². The summed E-state index contributed by atoms with van der Waals surface area (Å²) in [7, 11) is 0. The molecule has 1 nitrogen and oxygen atoms in total. The van der Waals surface area contributed by atoms with Gasteiger partial charge in [0.15, 0.2) is 0 Å². The lowest BCUT2D eigenvalue weighted by molar-refractivity contribution is 0.430. The van der Waals surface area contributed by atoms with Gasteiger partial charge in [-0.2, -0.15) is 0 Å². The van der Waals surface area contributed by atoms with Crippen LogP contribution >= 0.6 is 0 Å². The van der Waals surface area contributed by atoms with Gasteiger partial charge in [0.05, 0.1) is 0 Å². The van der Waals surface area contributed by atoms with Crippen LogP contribution in [0.3, 0.4) is 0 Å². The second kappa shape index (κ2) is 6.64. The highest BCUT2D eigenvalue weighted by molar-refractivity contribution is 5.19. The van der Waals surface area contributed by atoms with E-state index in [0.717, 1.165) is 19.4 Å². The molecule has 0 spiro atoms. The first-order chi connectivity index (χ1) is 7.63. The topological polar surface area (TPSA) is 12.0 Å². The zero-order valence-corrected chi connectivity index (χ0v) is 10.5. The summed E-state index contributed by atoms with van der Waals surface area (Å²) < 4.78 is 12.8. The third kappa shape index (κ3) is 4.31. The highest BCUT2D eigenvalue weighted by Crippen LogP contribution is 2.21. The van der Waals surface area contributed by atoms with Crippen LogP contribution in [0.2, 0.25) is 0 Å². The summed E-state index contributed by atoms with van der Waals surface area (Å²) in [6, 6.07) is 7.18. The number of benzene rings is 1. The van der Waals surface area contributed by atoms with Gasteiger partial charge in [-0.05, 0) is 43.0 Å². The molecule has 0 fully saturated rings. The van der Waals surface area contributed by atoms with E-state index in [1.807, 2.05) is 12.1 Å². The minimum absolute atomic E-state index is 0.164. The predicted molar refractivity (Wildman–Crippen MR) is 66.9 cm³/mol. The van der Waals surface area contributed by atoms with Crippen LogP contribution in [0.15, 0.2) is 24.3 Å². The molecular weight excluding hydrogens is 201 g/mol. The third-order valence-electron chi connectivity index (χ3n) is 2.62. The summed E-state index contributed by atoms with van der Waals surface area (Å²) in [5.74, 6) is 0.474. The van der Waals surface area contributed by atoms with E-state index in [2.05, 4.69) is 26.1 Å². The molecule has 0 bridgehead atoms. The summed E-state index contributed by atoms with van der Waals surface area (Å²) >= 11 is 0. The number of halogens is 1. The van der Waals surface area contributed by atoms with E-state index < -0.39 is 0 Å². The third-order valence-corrected chi connectivity index (χ3v) is 2.62. The van der Waals surface area contributed by atoms with Crippen molar-refractivity contribution in [1.29, 1.82) is 0 Å². The van der Waals surface area contributed by atoms with Gasteiger partial charge in [-0.15, -0.1) is 0 Å². The molecule has 0 amide bonds. The fraction of sp³-hybridized carbons (Fsp3) is 0.571. The molecule has 1 N–H and O–H groups in total. The number of hydrogen-bond acceptors (Lipinski definition) is 1. The molecule has 0 aliphatic carbocycles. The van der Waals surface area contributed by atoms with E-state index in [0.29, 0.717) is 12.0 Å². The second-order valence-electron chi connectivity index (χ2n) is 4.69. The largest absolute Gasteiger partial charge is 0.310 e. The lowest BCUT2D eigenvalue weighted by Gasteiger charge is -2.21. The fourth-order valence-electron chi connectivity index (χ4n) is 1.82. The van der Waals surface area contributed by atoms with Crippen molar-refractivity contribution >= 4 is 0 Å². The number of nitrogens with one attached hydrogen (secondary N) is 1. The Morgan fingerprint density at radius 1 is 1.19 bits per heavy atom. The van der Waals surface area contributed by atoms with Crippen LogP contribution in [-0.2, 0) is 0 Å². The zero-order valence-electron chi connectivity index (χ0n) is 10.5. The Labute approximate surface area is 98.1 Å². The SMILES string of the molecule is CCCNC(CC(C)C)c1ccc(F)cc1. The van der Waals surface area contributed by atoms with Gasteiger partial charge in [-0.1, -0.05) is 32.9 Å². The van der Waals surface area contributed by atoms with Crippen LogP contribution in [0.5, 0.6) is 0 Å². The van der Waals surface area contributed by atoms with E-state index in [1.54, 1.807) is 0 Å². The monoisotopic (exact) mass is 223 g/mol. The van der Waals surface area contributed by atoms with Crippen molar-refractivity contribution < 1.29 is 4.39 Å². The molecule has 0 radical (unpaired) electrons. The zero-order chi connectivity index (χ0) is 12.0. The molecule has 0 aliphatic heterocycles. The van der Waals surface area contributed by atoms with Crippen LogP contribution in [0.25, 0.3) is 0 Å². The van der Waals surface area contributed by atoms with Crippen molar-refractivity contribution in [3.63, 3.8) is 0 Å². The van der Waals surface area contributed by atoms with Crippen LogP contribution in [0, 0.1) is 11.7 Å². The molecule has 1 atom stereocenters. The first-order valence-corrected chi connectivity index (χ1v) is 6.12. The van der Waals surface area contributed by atoms with E-state index >= 15 is 0 Å². The van der Waals surface area contributed by atoms with Gasteiger partial charge in [-0.3, -0.25) is 0 Å².